The monoisotopic (exact) mass is 413 g/mol. The molecule has 0 aliphatic carbocycles. The van der Waals surface area contributed by atoms with Gasteiger partial charge in [-0.25, -0.2) is 10.4 Å². The number of pyridine rings is 1. The van der Waals surface area contributed by atoms with E-state index in [-0.39, 0.29) is 5.91 Å². The number of amides is 1. The van der Waals surface area contributed by atoms with E-state index in [4.69, 9.17) is 16.6 Å². The molecular formula is C25H20ClN3O. The van der Waals surface area contributed by atoms with Gasteiger partial charge >= 0.3 is 0 Å². The summed E-state index contributed by atoms with van der Waals surface area (Å²) in [4.78, 5) is 17.6. The van der Waals surface area contributed by atoms with Crippen LogP contribution in [0.5, 0.6) is 0 Å². The highest BCUT2D eigenvalue weighted by Gasteiger charge is 2.14. The van der Waals surface area contributed by atoms with Crippen LogP contribution in [0.3, 0.4) is 0 Å². The van der Waals surface area contributed by atoms with Crippen molar-refractivity contribution in [2.45, 2.75) is 13.3 Å². The van der Waals surface area contributed by atoms with Crippen molar-refractivity contribution in [2.24, 2.45) is 5.10 Å². The molecular weight excluding hydrogens is 394 g/mol. The van der Waals surface area contributed by atoms with Gasteiger partial charge in [-0.2, -0.15) is 5.10 Å². The lowest BCUT2D eigenvalue weighted by atomic mass is 10.0. The van der Waals surface area contributed by atoms with Gasteiger partial charge in [0.25, 0.3) is 5.91 Å². The Morgan fingerprint density at radius 1 is 1.03 bits per heavy atom. The number of nitrogens with one attached hydrogen (secondary N) is 1. The Kier molecular flexibility index (Phi) is 5.87. The van der Waals surface area contributed by atoms with E-state index in [0.29, 0.717) is 16.3 Å². The van der Waals surface area contributed by atoms with Crippen LogP contribution in [0.25, 0.3) is 22.2 Å². The average Bonchev–Trinajstić information content (AvgIpc) is 2.79. The van der Waals surface area contributed by atoms with Gasteiger partial charge in [0, 0.05) is 16.0 Å². The summed E-state index contributed by atoms with van der Waals surface area (Å²) in [5, 5.41) is 5.47. The van der Waals surface area contributed by atoms with E-state index in [1.54, 1.807) is 12.3 Å². The maximum atomic E-state index is 12.9. The zero-order valence-electron chi connectivity index (χ0n) is 16.5. The van der Waals surface area contributed by atoms with Crippen molar-refractivity contribution in [3.63, 3.8) is 0 Å². The molecule has 1 N–H and O–H groups in total. The van der Waals surface area contributed by atoms with Gasteiger partial charge in [0.1, 0.15) is 0 Å². The van der Waals surface area contributed by atoms with Crippen LogP contribution in [0, 0.1) is 0 Å². The first kappa shape index (κ1) is 19.8. The van der Waals surface area contributed by atoms with Crippen LogP contribution in [0.2, 0.25) is 5.02 Å². The third-order valence-electron chi connectivity index (χ3n) is 4.88. The Morgan fingerprint density at radius 3 is 2.53 bits per heavy atom. The standard InChI is InChI=1S/C25H20ClN3O/c1-2-17-11-13-18(14-12-17)16-27-29-25(30)21-15-24(20-8-3-5-9-22(20)26)28-23-10-6-4-7-19(21)23/h3-16H,2H2,1H3,(H,29,30)/b27-16-. The molecule has 0 fully saturated rings. The molecule has 4 aromatic rings. The van der Waals surface area contributed by atoms with Crippen LogP contribution in [0.4, 0.5) is 0 Å². The number of halogens is 1. The molecule has 1 aromatic heterocycles. The number of hydrogen-bond acceptors (Lipinski definition) is 3. The minimum absolute atomic E-state index is 0.302. The summed E-state index contributed by atoms with van der Waals surface area (Å²) in [5.74, 6) is -0.302. The SMILES string of the molecule is CCc1ccc(/C=N\NC(=O)c2cc(-c3ccccc3Cl)nc3ccccc23)cc1. The topological polar surface area (TPSA) is 54.4 Å². The second kappa shape index (κ2) is 8.89. The normalized spacial score (nSPS) is 11.1. The third-order valence-corrected chi connectivity index (χ3v) is 5.21. The molecule has 3 aromatic carbocycles. The van der Waals surface area contributed by atoms with Gasteiger partial charge in [-0.1, -0.05) is 79.2 Å². The molecule has 0 saturated carbocycles. The summed E-state index contributed by atoms with van der Waals surface area (Å²) >= 11 is 6.35. The van der Waals surface area contributed by atoms with Gasteiger partial charge in [0.05, 0.1) is 23.0 Å². The highest BCUT2D eigenvalue weighted by molar-refractivity contribution is 6.33. The highest BCUT2D eigenvalue weighted by atomic mass is 35.5. The molecule has 1 heterocycles. The number of aromatic nitrogens is 1. The fourth-order valence-electron chi connectivity index (χ4n) is 3.24. The molecule has 0 bridgehead atoms. The molecule has 0 atom stereocenters. The zero-order chi connectivity index (χ0) is 20.9. The Balaban J connectivity index is 1.65. The van der Waals surface area contributed by atoms with Crippen molar-refractivity contribution in [3.8, 4) is 11.3 Å². The molecule has 1 amide bonds. The summed E-state index contributed by atoms with van der Waals surface area (Å²) in [7, 11) is 0. The van der Waals surface area contributed by atoms with Gasteiger partial charge in [-0.3, -0.25) is 4.79 Å². The van der Waals surface area contributed by atoms with E-state index in [0.717, 1.165) is 28.5 Å². The Labute approximate surface area is 180 Å². The van der Waals surface area contributed by atoms with Crippen LogP contribution in [-0.4, -0.2) is 17.1 Å². The molecule has 30 heavy (non-hydrogen) atoms. The second-order valence-corrected chi connectivity index (χ2v) is 7.25. The molecule has 4 nitrogen and oxygen atoms in total. The van der Waals surface area contributed by atoms with E-state index >= 15 is 0 Å². The fraction of sp³-hybridized carbons (Fsp3) is 0.0800. The molecule has 148 valence electrons. The van der Waals surface area contributed by atoms with E-state index < -0.39 is 0 Å². The van der Waals surface area contributed by atoms with E-state index in [1.165, 1.54) is 5.56 Å². The number of aryl methyl sites for hydroxylation is 1. The molecule has 0 radical (unpaired) electrons. The third kappa shape index (κ3) is 4.24. The van der Waals surface area contributed by atoms with Crippen molar-refractivity contribution in [1.29, 1.82) is 0 Å². The maximum Gasteiger partial charge on any atom is 0.272 e. The summed E-state index contributed by atoms with van der Waals surface area (Å²) in [6, 6.07) is 24.8. The predicted octanol–water partition coefficient (Wildman–Crippen LogP) is 5.88. The average molecular weight is 414 g/mol. The van der Waals surface area contributed by atoms with E-state index in [1.807, 2.05) is 60.7 Å². The fourth-order valence-corrected chi connectivity index (χ4v) is 3.47. The Bertz CT molecular complexity index is 1230. The summed E-state index contributed by atoms with van der Waals surface area (Å²) in [5.41, 5.74) is 7.44. The van der Waals surface area contributed by atoms with Crippen LogP contribution in [-0.2, 0) is 6.42 Å². The van der Waals surface area contributed by atoms with Crippen molar-refractivity contribution < 1.29 is 4.79 Å². The largest absolute Gasteiger partial charge is 0.272 e. The minimum atomic E-state index is -0.302. The number of hydrogen-bond donors (Lipinski definition) is 1. The lowest BCUT2D eigenvalue weighted by Crippen LogP contribution is -2.18. The quantitative estimate of drug-likeness (QED) is 0.328. The zero-order valence-corrected chi connectivity index (χ0v) is 17.2. The second-order valence-electron chi connectivity index (χ2n) is 6.85. The molecule has 0 aliphatic heterocycles. The molecule has 4 rings (SSSR count). The first-order chi connectivity index (χ1) is 14.7. The summed E-state index contributed by atoms with van der Waals surface area (Å²) in [6.45, 7) is 2.11. The Morgan fingerprint density at radius 2 is 1.77 bits per heavy atom. The number of carbonyl (C=O) groups is 1. The number of fused-ring (bicyclic) bond motifs is 1. The molecule has 0 unspecified atom stereocenters. The van der Waals surface area contributed by atoms with Gasteiger partial charge in [-0.15, -0.1) is 0 Å². The van der Waals surface area contributed by atoms with E-state index in [9.17, 15) is 4.79 Å². The first-order valence-electron chi connectivity index (χ1n) is 9.72. The predicted molar refractivity (Wildman–Crippen MR) is 123 cm³/mol. The number of nitrogens with zero attached hydrogens (tertiary/aromatic N) is 2. The van der Waals surface area contributed by atoms with Crippen LogP contribution < -0.4 is 5.43 Å². The van der Waals surface area contributed by atoms with Crippen molar-refractivity contribution in [2.75, 3.05) is 0 Å². The molecule has 5 heteroatoms. The lowest BCUT2D eigenvalue weighted by Gasteiger charge is -2.10. The first-order valence-corrected chi connectivity index (χ1v) is 10.1. The maximum absolute atomic E-state index is 12.9. The number of rotatable bonds is 5. The number of benzene rings is 3. The van der Waals surface area contributed by atoms with Crippen molar-refractivity contribution in [3.05, 3.63) is 101 Å². The van der Waals surface area contributed by atoms with Crippen LogP contribution >= 0.6 is 11.6 Å². The number of para-hydroxylation sites is 1. The van der Waals surface area contributed by atoms with Crippen LogP contribution in [0.15, 0.2) is 84.0 Å². The lowest BCUT2D eigenvalue weighted by molar-refractivity contribution is 0.0956. The van der Waals surface area contributed by atoms with Gasteiger partial charge in [0.15, 0.2) is 0 Å². The van der Waals surface area contributed by atoms with Gasteiger partial charge < -0.3 is 0 Å². The molecule has 0 saturated heterocycles. The van der Waals surface area contributed by atoms with E-state index in [2.05, 4.69) is 29.6 Å². The Hall–Kier alpha value is -3.50. The van der Waals surface area contributed by atoms with Gasteiger partial charge in [-0.05, 0) is 35.7 Å². The summed E-state index contributed by atoms with van der Waals surface area (Å²) in [6.07, 6.45) is 2.62. The van der Waals surface area contributed by atoms with Gasteiger partial charge in [0.2, 0.25) is 0 Å². The van der Waals surface area contributed by atoms with Crippen molar-refractivity contribution in [1.82, 2.24) is 10.4 Å². The minimum Gasteiger partial charge on any atom is -0.267 e. The molecule has 0 spiro atoms. The van der Waals surface area contributed by atoms with Crippen molar-refractivity contribution >= 4 is 34.6 Å². The number of carbonyl (C=O) groups excluding carboxylic acids is 1. The summed E-state index contributed by atoms with van der Waals surface area (Å²) < 4.78 is 0. The molecule has 0 aliphatic rings. The van der Waals surface area contributed by atoms with Crippen LogP contribution in [0.1, 0.15) is 28.4 Å². The smallest absolute Gasteiger partial charge is 0.267 e. The highest BCUT2D eigenvalue weighted by Crippen LogP contribution is 2.29. The number of hydrazone groups is 1.